The normalized spacial score (nSPS) is 14.9. The van der Waals surface area contributed by atoms with Crippen LogP contribution >= 0.6 is 11.6 Å². The first kappa shape index (κ1) is 19.4. The van der Waals surface area contributed by atoms with Crippen LogP contribution in [-0.4, -0.2) is 59.4 Å². The zero-order valence-electron chi connectivity index (χ0n) is 15.9. The summed E-state index contributed by atoms with van der Waals surface area (Å²) in [4.78, 5) is 29.2. The van der Waals surface area contributed by atoms with E-state index in [0.29, 0.717) is 59.5 Å². The van der Waals surface area contributed by atoms with Crippen molar-refractivity contribution in [3.05, 3.63) is 64.8 Å². The van der Waals surface area contributed by atoms with Crippen LogP contribution in [0.5, 0.6) is 0 Å². The van der Waals surface area contributed by atoms with Crippen molar-refractivity contribution in [2.24, 2.45) is 0 Å². The molecule has 8 heteroatoms. The maximum Gasteiger partial charge on any atom is 0.259 e. The third kappa shape index (κ3) is 3.97. The molecule has 0 aliphatic carbocycles. The van der Waals surface area contributed by atoms with Gasteiger partial charge in [0.05, 0.1) is 17.8 Å². The standard InChI is InChI=1S/C21H20ClN3O4/c1-14-19(20(23-29-14)15-5-2-3-6-16(15)22)21(27)25-10-8-24(9-11-25)13-17(26)18-7-4-12-28-18/h2-7,12H,8-11,13H2,1H3. The topological polar surface area (TPSA) is 79.8 Å². The van der Waals surface area contributed by atoms with Crippen LogP contribution in [0.1, 0.15) is 26.7 Å². The number of nitrogens with zero attached hydrogens (tertiary/aromatic N) is 3. The van der Waals surface area contributed by atoms with Gasteiger partial charge in [0, 0.05) is 31.7 Å². The molecule has 150 valence electrons. The Labute approximate surface area is 172 Å². The average Bonchev–Trinajstić information content (AvgIpc) is 3.39. The summed E-state index contributed by atoms with van der Waals surface area (Å²) < 4.78 is 10.5. The molecule has 2 aromatic heterocycles. The second kappa shape index (κ2) is 8.23. The largest absolute Gasteiger partial charge is 0.461 e. The minimum Gasteiger partial charge on any atom is -0.461 e. The molecule has 0 spiro atoms. The van der Waals surface area contributed by atoms with Crippen molar-refractivity contribution in [2.75, 3.05) is 32.7 Å². The number of hydrogen-bond donors (Lipinski definition) is 0. The monoisotopic (exact) mass is 413 g/mol. The van der Waals surface area contributed by atoms with Crippen LogP contribution in [0.2, 0.25) is 5.02 Å². The van der Waals surface area contributed by atoms with Gasteiger partial charge in [0.2, 0.25) is 5.78 Å². The van der Waals surface area contributed by atoms with Crippen molar-refractivity contribution >= 4 is 23.3 Å². The van der Waals surface area contributed by atoms with Crippen LogP contribution < -0.4 is 0 Å². The maximum absolute atomic E-state index is 13.2. The second-order valence-electron chi connectivity index (χ2n) is 6.91. The van der Waals surface area contributed by atoms with Gasteiger partial charge < -0.3 is 13.8 Å². The Kier molecular flexibility index (Phi) is 5.51. The Morgan fingerprint density at radius 2 is 1.86 bits per heavy atom. The van der Waals surface area contributed by atoms with E-state index in [1.807, 2.05) is 23.1 Å². The first-order chi connectivity index (χ1) is 14.0. The molecule has 4 rings (SSSR count). The lowest BCUT2D eigenvalue weighted by Crippen LogP contribution is -2.50. The number of amides is 1. The van der Waals surface area contributed by atoms with Gasteiger partial charge in [0.25, 0.3) is 5.91 Å². The summed E-state index contributed by atoms with van der Waals surface area (Å²) in [6.45, 7) is 4.22. The molecule has 29 heavy (non-hydrogen) atoms. The Balaban J connectivity index is 1.45. The number of halogens is 1. The Morgan fingerprint density at radius 1 is 1.10 bits per heavy atom. The van der Waals surface area contributed by atoms with Gasteiger partial charge in [-0.2, -0.15) is 0 Å². The van der Waals surface area contributed by atoms with E-state index in [0.717, 1.165) is 0 Å². The fourth-order valence-corrected chi connectivity index (χ4v) is 3.67. The van der Waals surface area contributed by atoms with Crippen molar-refractivity contribution in [1.82, 2.24) is 15.0 Å². The smallest absolute Gasteiger partial charge is 0.259 e. The molecule has 1 fully saturated rings. The summed E-state index contributed by atoms with van der Waals surface area (Å²) in [6.07, 6.45) is 1.49. The Hall–Kier alpha value is -2.90. The fraction of sp³-hybridized carbons (Fsp3) is 0.286. The highest BCUT2D eigenvalue weighted by atomic mass is 35.5. The average molecular weight is 414 g/mol. The number of piperazine rings is 1. The summed E-state index contributed by atoms with van der Waals surface area (Å²) in [7, 11) is 0. The van der Waals surface area contributed by atoms with E-state index in [1.165, 1.54) is 6.26 Å². The summed E-state index contributed by atoms with van der Waals surface area (Å²) in [5.41, 5.74) is 1.55. The molecule has 0 radical (unpaired) electrons. The second-order valence-corrected chi connectivity index (χ2v) is 7.32. The van der Waals surface area contributed by atoms with Crippen LogP contribution in [0.3, 0.4) is 0 Å². The third-order valence-electron chi connectivity index (χ3n) is 5.03. The molecule has 1 aromatic carbocycles. The zero-order valence-corrected chi connectivity index (χ0v) is 16.7. The third-order valence-corrected chi connectivity index (χ3v) is 5.36. The van der Waals surface area contributed by atoms with Crippen LogP contribution in [0.4, 0.5) is 0 Å². The van der Waals surface area contributed by atoms with Crippen molar-refractivity contribution in [1.29, 1.82) is 0 Å². The number of rotatable bonds is 5. The molecule has 3 aromatic rings. The molecule has 1 saturated heterocycles. The van der Waals surface area contributed by atoms with Gasteiger partial charge in [-0.15, -0.1) is 0 Å². The molecule has 1 aliphatic rings. The number of carbonyl (C=O) groups excluding carboxylic acids is 2. The number of carbonyl (C=O) groups is 2. The highest BCUT2D eigenvalue weighted by molar-refractivity contribution is 6.33. The van der Waals surface area contributed by atoms with Gasteiger partial charge in [0.15, 0.2) is 5.76 Å². The highest BCUT2D eigenvalue weighted by Crippen LogP contribution is 2.31. The van der Waals surface area contributed by atoms with Crippen molar-refractivity contribution in [3.63, 3.8) is 0 Å². The number of aromatic nitrogens is 1. The molecule has 0 atom stereocenters. The molecule has 1 aliphatic heterocycles. The molecule has 3 heterocycles. The maximum atomic E-state index is 13.2. The lowest BCUT2D eigenvalue weighted by atomic mass is 10.0. The first-order valence-corrected chi connectivity index (χ1v) is 9.72. The number of ketones is 1. The van der Waals surface area contributed by atoms with E-state index in [1.54, 1.807) is 30.0 Å². The molecule has 7 nitrogen and oxygen atoms in total. The van der Waals surface area contributed by atoms with Crippen LogP contribution in [0, 0.1) is 6.92 Å². The lowest BCUT2D eigenvalue weighted by molar-refractivity contribution is 0.0619. The van der Waals surface area contributed by atoms with Gasteiger partial charge in [-0.05, 0) is 25.1 Å². The molecule has 0 N–H and O–H groups in total. The first-order valence-electron chi connectivity index (χ1n) is 9.34. The van der Waals surface area contributed by atoms with Gasteiger partial charge in [-0.1, -0.05) is 35.0 Å². The SMILES string of the molecule is Cc1onc(-c2ccccc2Cl)c1C(=O)N1CCN(CC(=O)c2ccco2)CC1. The molecule has 0 bridgehead atoms. The lowest BCUT2D eigenvalue weighted by Gasteiger charge is -2.34. The van der Waals surface area contributed by atoms with E-state index in [2.05, 4.69) is 5.16 Å². The van der Waals surface area contributed by atoms with Crippen molar-refractivity contribution in [3.8, 4) is 11.3 Å². The van der Waals surface area contributed by atoms with Gasteiger partial charge in [-0.3, -0.25) is 14.5 Å². The summed E-state index contributed by atoms with van der Waals surface area (Å²) in [5.74, 6) is 0.606. The quantitative estimate of drug-likeness (QED) is 0.595. The number of furan rings is 1. The molecule has 0 saturated carbocycles. The van der Waals surface area contributed by atoms with Crippen molar-refractivity contribution in [2.45, 2.75) is 6.92 Å². The molecular weight excluding hydrogens is 394 g/mol. The van der Waals surface area contributed by atoms with E-state index in [4.69, 9.17) is 20.5 Å². The predicted molar refractivity (Wildman–Crippen MR) is 107 cm³/mol. The van der Waals surface area contributed by atoms with Gasteiger partial charge >= 0.3 is 0 Å². The number of Topliss-reactive ketones (excluding diaryl/α,β-unsaturated/α-hetero) is 1. The van der Waals surface area contributed by atoms with Crippen molar-refractivity contribution < 1.29 is 18.5 Å². The fourth-order valence-electron chi connectivity index (χ4n) is 3.45. The molecular formula is C21H20ClN3O4. The van der Waals surface area contributed by atoms with Crippen LogP contribution in [-0.2, 0) is 0 Å². The number of aryl methyl sites for hydroxylation is 1. The Bertz CT molecular complexity index is 1020. The van der Waals surface area contributed by atoms with E-state index in [-0.39, 0.29) is 18.2 Å². The molecule has 1 amide bonds. The minimum atomic E-state index is -0.143. The Morgan fingerprint density at radius 3 is 2.55 bits per heavy atom. The summed E-state index contributed by atoms with van der Waals surface area (Å²) >= 11 is 6.29. The van der Waals surface area contributed by atoms with Crippen LogP contribution in [0.25, 0.3) is 11.3 Å². The number of hydrogen-bond acceptors (Lipinski definition) is 6. The summed E-state index contributed by atoms with van der Waals surface area (Å²) in [6, 6.07) is 10.6. The summed E-state index contributed by atoms with van der Waals surface area (Å²) in [5, 5.41) is 4.58. The highest BCUT2D eigenvalue weighted by Gasteiger charge is 2.29. The predicted octanol–water partition coefficient (Wildman–Crippen LogP) is 3.54. The van der Waals surface area contributed by atoms with E-state index >= 15 is 0 Å². The van der Waals surface area contributed by atoms with Gasteiger partial charge in [-0.25, -0.2) is 0 Å². The van der Waals surface area contributed by atoms with Crippen LogP contribution in [0.15, 0.2) is 51.6 Å². The van der Waals surface area contributed by atoms with Gasteiger partial charge in [0.1, 0.15) is 17.0 Å². The van der Waals surface area contributed by atoms with E-state index < -0.39 is 0 Å². The zero-order chi connectivity index (χ0) is 20.4. The minimum absolute atomic E-state index is 0.0642. The van der Waals surface area contributed by atoms with E-state index in [9.17, 15) is 9.59 Å². The molecule has 0 unspecified atom stereocenters. The number of benzene rings is 1.